The summed E-state index contributed by atoms with van der Waals surface area (Å²) in [6.07, 6.45) is 1.58. The molecule has 0 unspecified atom stereocenters. The summed E-state index contributed by atoms with van der Waals surface area (Å²) >= 11 is 2.75. The number of fused-ring (bicyclic) bond motifs is 3. The van der Waals surface area contributed by atoms with Crippen LogP contribution >= 0.6 is 23.1 Å². The Labute approximate surface area is 183 Å². The Kier molecular flexibility index (Phi) is 5.99. The predicted molar refractivity (Wildman–Crippen MR) is 119 cm³/mol. The standard InChI is InChI=1S/C22H24N2O4S2/c1-4-22(2)10-15-16(12-28-22)30-19-18(15)20(26)24(11-14-8-6-5-7-9-14)21(23-19)29-13-17(25)27-3/h5-9H,4,10-13H2,1-3H3/t22-/m1/s1. The third-order valence-corrected chi connectivity index (χ3v) is 7.59. The molecule has 1 aromatic carbocycles. The number of esters is 1. The number of carbonyl (C=O) groups excluding carboxylic acids is 1. The largest absolute Gasteiger partial charge is 0.468 e. The minimum absolute atomic E-state index is 0.0610. The quantitative estimate of drug-likeness (QED) is 0.325. The normalized spacial score (nSPS) is 18.4. The first-order valence-corrected chi connectivity index (χ1v) is 11.7. The molecular formula is C22H24N2O4S2. The second-order valence-corrected chi connectivity index (χ2v) is 9.62. The zero-order chi connectivity index (χ0) is 21.3. The monoisotopic (exact) mass is 444 g/mol. The fraction of sp³-hybridized carbons (Fsp3) is 0.409. The summed E-state index contributed by atoms with van der Waals surface area (Å²) in [5, 5.41) is 1.22. The van der Waals surface area contributed by atoms with Gasteiger partial charge in [-0.1, -0.05) is 49.0 Å². The first kappa shape index (κ1) is 21.1. The summed E-state index contributed by atoms with van der Waals surface area (Å²) in [5.41, 5.74) is 1.74. The molecule has 1 atom stereocenters. The molecule has 0 amide bonds. The van der Waals surface area contributed by atoms with Gasteiger partial charge >= 0.3 is 5.97 Å². The van der Waals surface area contributed by atoms with E-state index < -0.39 is 0 Å². The Hall–Kier alpha value is -2.16. The Morgan fingerprint density at radius 1 is 1.37 bits per heavy atom. The minimum Gasteiger partial charge on any atom is -0.468 e. The van der Waals surface area contributed by atoms with Crippen LogP contribution in [0, 0.1) is 0 Å². The van der Waals surface area contributed by atoms with Crippen molar-refractivity contribution in [3.8, 4) is 0 Å². The van der Waals surface area contributed by atoms with Crippen molar-refractivity contribution < 1.29 is 14.3 Å². The fourth-order valence-electron chi connectivity index (χ4n) is 3.56. The fourth-order valence-corrected chi connectivity index (χ4v) is 5.53. The van der Waals surface area contributed by atoms with Crippen LogP contribution in [0.5, 0.6) is 0 Å². The highest BCUT2D eigenvalue weighted by Gasteiger charge is 2.33. The van der Waals surface area contributed by atoms with E-state index in [0.29, 0.717) is 34.9 Å². The van der Waals surface area contributed by atoms with Crippen molar-refractivity contribution in [1.29, 1.82) is 0 Å². The van der Waals surface area contributed by atoms with Crippen LogP contribution in [0.15, 0.2) is 40.3 Å². The number of aromatic nitrogens is 2. The number of ether oxygens (including phenoxy) is 2. The Morgan fingerprint density at radius 2 is 2.13 bits per heavy atom. The molecule has 1 aliphatic rings. The molecule has 0 spiro atoms. The van der Waals surface area contributed by atoms with Gasteiger partial charge in [0.1, 0.15) is 4.83 Å². The summed E-state index contributed by atoms with van der Waals surface area (Å²) in [5.74, 6) is -0.246. The summed E-state index contributed by atoms with van der Waals surface area (Å²) < 4.78 is 12.5. The SMILES string of the molecule is CC[C@]1(C)Cc2c(sc3nc(SCC(=O)OC)n(Cc4ccccc4)c(=O)c23)CO1. The molecule has 3 heterocycles. The summed E-state index contributed by atoms with van der Waals surface area (Å²) in [4.78, 5) is 31.9. The molecule has 0 aliphatic carbocycles. The zero-order valence-electron chi connectivity index (χ0n) is 17.3. The Morgan fingerprint density at radius 3 is 2.83 bits per heavy atom. The highest BCUT2D eigenvalue weighted by Crippen LogP contribution is 2.38. The van der Waals surface area contributed by atoms with Crippen molar-refractivity contribution in [3.63, 3.8) is 0 Å². The maximum absolute atomic E-state index is 13.7. The van der Waals surface area contributed by atoms with Gasteiger partial charge in [-0.3, -0.25) is 14.2 Å². The number of benzene rings is 1. The van der Waals surface area contributed by atoms with Gasteiger partial charge in [-0.15, -0.1) is 11.3 Å². The van der Waals surface area contributed by atoms with E-state index >= 15 is 0 Å². The average molecular weight is 445 g/mol. The number of thioether (sulfide) groups is 1. The second kappa shape index (κ2) is 8.53. The van der Waals surface area contributed by atoms with Crippen LogP contribution in [0.1, 0.15) is 36.3 Å². The zero-order valence-corrected chi connectivity index (χ0v) is 18.9. The molecule has 2 aromatic heterocycles. The van der Waals surface area contributed by atoms with E-state index in [-0.39, 0.29) is 22.9 Å². The van der Waals surface area contributed by atoms with Gasteiger partial charge in [0.2, 0.25) is 0 Å². The number of methoxy groups -OCH3 is 1. The second-order valence-electron chi connectivity index (χ2n) is 7.59. The van der Waals surface area contributed by atoms with E-state index in [9.17, 15) is 9.59 Å². The lowest BCUT2D eigenvalue weighted by Gasteiger charge is -2.32. The molecule has 8 heteroatoms. The number of nitrogens with zero attached hydrogens (tertiary/aromatic N) is 2. The van der Waals surface area contributed by atoms with Crippen LogP contribution in [-0.4, -0.2) is 34.0 Å². The average Bonchev–Trinajstić information content (AvgIpc) is 3.12. The van der Waals surface area contributed by atoms with E-state index in [1.165, 1.54) is 30.2 Å². The molecule has 1 aliphatic heterocycles. The molecule has 0 radical (unpaired) electrons. The molecule has 0 fully saturated rings. The van der Waals surface area contributed by atoms with E-state index in [4.69, 9.17) is 14.5 Å². The van der Waals surface area contributed by atoms with Crippen molar-refractivity contribution in [2.45, 2.75) is 50.6 Å². The molecule has 0 saturated heterocycles. The first-order valence-electron chi connectivity index (χ1n) is 9.86. The lowest BCUT2D eigenvalue weighted by molar-refractivity contribution is -0.137. The smallest absolute Gasteiger partial charge is 0.316 e. The van der Waals surface area contributed by atoms with E-state index in [0.717, 1.165) is 22.4 Å². The maximum Gasteiger partial charge on any atom is 0.316 e. The third kappa shape index (κ3) is 4.04. The third-order valence-electron chi connectivity index (χ3n) is 5.54. The molecule has 0 N–H and O–H groups in total. The molecule has 6 nitrogen and oxygen atoms in total. The lowest BCUT2D eigenvalue weighted by Crippen LogP contribution is -2.34. The molecule has 0 bridgehead atoms. The molecule has 3 aromatic rings. The minimum atomic E-state index is -0.349. The summed E-state index contributed by atoms with van der Waals surface area (Å²) in [7, 11) is 1.36. The van der Waals surface area contributed by atoms with Crippen LogP contribution < -0.4 is 5.56 Å². The van der Waals surface area contributed by atoms with Gasteiger partial charge in [0.05, 0.1) is 37.0 Å². The molecule has 0 saturated carbocycles. The summed E-state index contributed by atoms with van der Waals surface area (Å²) in [6, 6.07) is 9.81. The van der Waals surface area contributed by atoms with Gasteiger partial charge < -0.3 is 9.47 Å². The molecule has 158 valence electrons. The van der Waals surface area contributed by atoms with E-state index in [1.807, 2.05) is 30.3 Å². The van der Waals surface area contributed by atoms with Crippen molar-refractivity contribution in [1.82, 2.24) is 9.55 Å². The highest BCUT2D eigenvalue weighted by molar-refractivity contribution is 7.99. The van der Waals surface area contributed by atoms with Gasteiger partial charge in [0, 0.05) is 11.3 Å². The van der Waals surface area contributed by atoms with Gasteiger partial charge in [0.25, 0.3) is 5.56 Å². The Balaban J connectivity index is 1.84. The van der Waals surface area contributed by atoms with Gasteiger partial charge in [-0.25, -0.2) is 4.98 Å². The first-order chi connectivity index (χ1) is 14.4. The summed E-state index contributed by atoms with van der Waals surface area (Å²) in [6.45, 7) is 5.10. The number of rotatable bonds is 6. The number of hydrogen-bond acceptors (Lipinski definition) is 7. The van der Waals surface area contributed by atoms with Gasteiger partial charge in [-0.2, -0.15) is 0 Å². The molecule has 30 heavy (non-hydrogen) atoms. The van der Waals surface area contributed by atoms with Gasteiger partial charge in [-0.05, 0) is 24.5 Å². The predicted octanol–water partition coefficient (Wildman–Crippen LogP) is 4.01. The van der Waals surface area contributed by atoms with Crippen LogP contribution in [0.25, 0.3) is 10.2 Å². The molecular weight excluding hydrogens is 420 g/mol. The highest BCUT2D eigenvalue weighted by atomic mass is 32.2. The van der Waals surface area contributed by atoms with Crippen molar-refractivity contribution in [3.05, 3.63) is 56.7 Å². The van der Waals surface area contributed by atoms with Gasteiger partial charge in [0.15, 0.2) is 5.16 Å². The number of carbonyl (C=O) groups is 1. The van der Waals surface area contributed by atoms with Crippen molar-refractivity contribution in [2.75, 3.05) is 12.9 Å². The van der Waals surface area contributed by atoms with E-state index in [2.05, 4.69) is 13.8 Å². The van der Waals surface area contributed by atoms with Crippen molar-refractivity contribution >= 4 is 39.3 Å². The number of hydrogen-bond donors (Lipinski definition) is 0. The van der Waals surface area contributed by atoms with Crippen LogP contribution in [0.2, 0.25) is 0 Å². The van der Waals surface area contributed by atoms with Crippen LogP contribution in [-0.2, 0) is 33.8 Å². The van der Waals surface area contributed by atoms with Crippen molar-refractivity contribution in [2.24, 2.45) is 0 Å². The number of thiophene rings is 1. The lowest BCUT2D eigenvalue weighted by atomic mass is 9.90. The molecule has 4 rings (SSSR count). The Bertz CT molecular complexity index is 1140. The maximum atomic E-state index is 13.7. The van der Waals surface area contributed by atoms with Crippen LogP contribution in [0.3, 0.4) is 0 Å². The van der Waals surface area contributed by atoms with Crippen LogP contribution in [0.4, 0.5) is 0 Å². The topological polar surface area (TPSA) is 70.4 Å². The van der Waals surface area contributed by atoms with E-state index in [1.54, 1.807) is 4.57 Å².